The summed E-state index contributed by atoms with van der Waals surface area (Å²) >= 11 is 0. The Hall–Kier alpha value is -0.980. The largest absolute Gasteiger partial charge is 0.310 e. The standard InChI is InChI=1S/C15H23FN2O2S/c1-11-4-5-13(8-14(11)16)9-17-15-6-7-18(10-12(15)2)21(3,19)20/h4-5,8,12,15,17H,6-7,9-10H2,1-3H3/t12-,15-/m0/s1. The zero-order valence-electron chi connectivity index (χ0n) is 12.8. The second-order valence-corrected chi connectivity index (χ2v) is 7.94. The molecule has 0 amide bonds. The van der Waals surface area contributed by atoms with Crippen LogP contribution in [0.3, 0.4) is 0 Å². The quantitative estimate of drug-likeness (QED) is 0.923. The molecule has 0 aromatic heterocycles. The van der Waals surface area contributed by atoms with E-state index in [1.807, 2.05) is 13.0 Å². The Kier molecular flexibility index (Phi) is 5.01. The number of aryl methyl sites for hydroxylation is 1. The minimum Gasteiger partial charge on any atom is -0.310 e. The molecule has 0 aliphatic carbocycles. The fraction of sp³-hybridized carbons (Fsp3) is 0.600. The molecule has 1 aromatic carbocycles. The van der Waals surface area contributed by atoms with Gasteiger partial charge in [-0.15, -0.1) is 0 Å². The topological polar surface area (TPSA) is 49.4 Å². The predicted octanol–water partition coefficient (Wildman–Crippen LogP) is 1.89. The van der Waals surface area contributed by atoms with E-state index in [2.05, 4.69) is 5.32 Å². The second kappa shape index (κ2) is 6.42. The molecule has 1 aromatic rings. The summed E-state index contributed by atoms with van der Waals surface area (Å²) in [6, 6.07) is 5.51. The first-order valence-corrected chi connectivity index (χ1v) is 9.05. The number of hydrogen-bond acceptors (Lipinski definition) is 3. The summed E-state index contributed by atoms with van der Waals surface area (Å²) in [5.74, 6) is 0.0537. The van der Waals surface area contributed by atoms with Crippen LogP contribution in [-0.2, 0) is 16.6 Å². The lowest BCUT2D eigenvalue weighted by Gasteiger charge is -2.36. The van der Waals surface area contributed by atoms with Crippen LogP contribution in [0, 0.1) is 18.7 Å². The van der Waals surface area contributed by atoms with Crippen molar-refractivity contribution >= 4 is 10.0 Å². The van der Waals surface area contributed by atoms with Gasteiger partial charge in [0.15, 0.2) is 0 Å². The third-order valence-electron chi connectivity index (χ3n) is 4.14. The van der Waals surface area contributed by atoms with Crippen LogP contribution in [-0.4, -0.2) is 38.1 Å². The van der Waals surface area contributed by atoms with Crippen LogP contribution in [0.4, 0.5) is 4.39 Å². The Morgan fingerprint density at radius 3 is 2.71 bits per heavy atom. The smallest absolute Gasteiger partial charge is 0.211 e. The first kappa shape index (κ1) is 16.4. The zero-order valence-corrected chi connectivity index (χ0v) is 13.6. The van der Waals surface area contributed by atoms with Crippen molar-refractivity contribution in [3.63, 3.8) is 0 Å². The number of nitrogens with zero attached hydrogens (tertiary/aromatic N) is 1. The van der Waals surface area contributed by atoms with Crippen molar-refractivity contribution < 1.29 is 12.8 Å². The molecule has 0 radical (unpaired) electrons. The van der Waals surface area contributed by atoms with Crippen LogP contribution in [0.1, 0.15) is 24.5 Å². The molecule has 1 fully saturated rings. The Bertz CT molecular complexity index is 604. The highest BCUT2D eigenvalue weighted by Crippen LogP contribution is 2.19. The molecule has 1 N–H and O–H groups in total. The van der Waals surface area contributed by atoms with Gasteiger partial charge in [-0.25, -0.2) is 17.1 Å². The molecule has 1 saturated heterocycles. The number of hydrogen-bond donors (Lipinski definition) is 1. The third kappa shape index (κ3) is 4.25. The van der Waals surface area contributed by atoms with Gasteiger partial charge in [0, 0.05) is 25.7 Å². The summed E-state index contributed by atoms with van der Waals surface area (Å²) in [4.78, 5) is 0. The van der Waals surface area contributed by atoms with Crippen molar-refractivity contribution in [2.45, 2.75) is 32.9 Å². The van der Waals surface area contributed by atoms with E-state index in [9.17, 15) is 12.8 Å². The fourth-order valence-electron chi connectivity index (χ4n) is 2.71. The summed E-state index contributed by atoms with van der Waals surface area (Å²) in [7, 11) is -3.10. The Balaban J connectivity index is 1.91. The molecule has 0 unspecified atom stereocenters. The van der Waals surface area contributed by atoms with Gasteiger partial charge in [0.25, 0.3) is 0 Å². The normalized spacial score (nSPS) is 24.2. The van der Waals surface area contributed by atoms with Crippen molar-refractivity contribution in [2.24, 2.45) is 5.92 Å². The Morgan fingerprint density at radius 1 is 1.43 bits per heavy atom. The highest BCUT2D eigenvalue weighted by Gasteiger charge is 2.29. The molecule has 118 valence electrons. The summed E-state index contributed by atoms with van der Waals surface area (Å²) in [5.41, 5.74) is 1.56. The van der Waals surface area contributed by atoms with Crippen LogP contribution in [0.5, 0.6) is 0 Å². The molecule has 1 heterocycles. The van der Waals surface area contributed by atoms with Crippen molar-refractivity contribution in [3.05, 3.63) is 35.1 Å². The van der Waals surface area contributed by atoms with Crippen molar-refractivity contribution in [2.75, 3.05) is 19.3 Å². The van der Waals surface area contributed by atoms with Crippen LogP contribution >= 0.6 is 0 Å². The average Bonchev–Trinajstić information content (AvgIpc) is 2.40. The van der Waals surface area contributed by atoms with Crippen molar-refractivity contribution in [3.8, 4) is 0 Å². The number of sulfonamides is 1. The molecule has 21 heavy (non-hydrogen) atoms. The lowest BCUT2D eigenvalue weighted by molar-refractivity contribution is 0.220. The number of benzene rings is 1. The predicted molar refractivity (Wildman–Crippen MR) is 82.0 cm³/mol. The minimum absolute atomic E-state index is 0.186. The van der Waals surface area contributed by atoms with Gasteiger partial charge >= 0.3 is 0 Å². The van der Waals surface area contributed by atoms with E-state index in [1.54, 1.807) is 19.1 Å². The molecule has 4 nitrogen and oxygen atoms in total. The summed E-state index contributed by atoms with van der Waals surface area (Å²) in [5, 5.41) is 3.42. The van der Waals surface area contributed by atoms with E-state index < -0.39 is 10.0 Å². The lowest BCUT2D eigenvalue weighted by atomic mass is 9.95. The summed E-state index contributed by atoms with van der Waals surface area (Å²) < 4.78 is 38.1. The molecule has 1 aliphatic heterocycles. The van der Waals surface area contributed by atoms with Gasteiger partial charge in [-0.3, -0.25) is 0 Å². The van der Waals surface area contributed by atoms with E-state index in [0.717, 1.165) is 12.0 Å². The highest BCUT2D eigenvalue weighted by molar-refractivity contribution is 7.88. The molecular formula is C15H23FN2O2S. The van der Waals surface area contributed by atoms with Gasteiger partial charge < -0.3 is 5.32 Å². The Labute approximate surface area is 126 Å². The summed E-state index contributed by atoms with van der Waals surface area (Å²) in [6.45, 7) is 5.48. The van der Waals surface area contributed by atoms with Gasteiger partial charge in [0.2, 0.25) is 10.0 Å². The SMILES string of the molecule is Cc1ccc(CN[C@H]2CCN(S(C)(=O)=O)C[C@@H]2C)cc1F. The number of halogens is 1. The van der Waals surface area contributed by atoms with E-state index in [4.69, 9.17) is 0 Å². The van der Waals surface area contributed by atoms with Crippen LogP contribution < -0.4 is 5.32 Å². The van der Waals surface area contributed by atoms with Gasteiger partial charge in [-0.2, -0.15) is 0 Å². The maximum atomic E-state index is 13.5. The first-order valence-electron chi connectivity index (χ1n) is 7.21. The maximum absolute atomic E-state index is 13.5. The van der Waals surface area contributed by atoms with Crippen molar-refractivity contribution in [1.29, 1.82) is 0 Å². The lowest BCUT2D eigenvalue weighted by Crippen LogP contribution is -2.49. The molecule has 2 rings (SSSR count). The zero-order chi connectivity index (χ0) is 15.6. The second-order valence-electron chi connectivity index (χ2n) is 5.96. The van der Waals surface area contributed by atoms with Crippen LogP contribution in [0.2, 0.25) is 0 Å². The van der Waals surface area contributed by atoms with Gasteiger partial charge in [0.05, 0.1) is 6.26 Å². The maximum Gasteiger partial charge on any atom is 0.211 e. The highest BCUT2D eigenvalue weighted by atomic mass is 32.2. The number of nitrogens with one attached hydrogen (secondary N) is 1. The molecule has 6 heteroatoms. The van der Waals surface area contributed by atoms with Crippen LogP contribution in [0.15, 0.2) is 18.2 Å². The monoisotopic (exact) mass is 314 g/mol. The third-order valence-corrected chi connectivity index (χ3v) is 5.41. The van der Waals surface area contributed by atoms with Gasteiger partial charge in [0.1, 0.15) is 5.82 Å². The van der Waals surface area contributed by atoms with Crippen LogP contribution in [0.25, 0.3) is 0 Å². The van der Waals surface area contributed by atoms with Gasteiger partial charge in [-0.1, -0.05) is 19.1 Å². The molecule has 2 atom stereocenters. The molecule has 1 aliphatic rings. The van der Waals surface area contributed by atoms with E-state index in [-0.39, 0.29) is 17.8 Å². The minimum atomic E-state index is -3.10. The Morgan fingerprint density at radius 2 is 2.14 bits per heavy atom. The fourth-order valence-corrected chi connectivity index (χ4v) is 3.65. The number of rotatable bonds is 4. The number of piperidine rings is 1. The molecule has 0 spiro atoms. The van der Waals surface area contributed by atoms with E-state index >= 15 is 0 Å². The summed E-state index contributed by atoms with van der Waals surface area (Å²) in [6.07, 6.45) is 2.03. The van der Waals surface area contributed by atoms with E-state index in [0.29, 0.717) is 25.2 Å². The van der Waals surface area contributed by atoms with E-state index in [1.165, 1.54) is 10.6 Å². The first-order chi connectivity index (χ1) is 9.77. The molecular weight excluding hydrogens is 291 g/mol. The average molecular weight is 314 g/mol. The van der Waals surface area contributed by atoms with Crippen molar-refractivity contribution in [1.82, 2.24) is 9.62 Å². The molecule has 0 bridgehead atoms. The van der Waals surface area contributed by atoms with Gasteiger partial charge in [-0.05, 0) is 36.5 Å². The molecule has 0 saturated carbocycles.